The summed E-state index contributed by atoms with van der Waals surface area (Å²) in [6.07, 6.45) is 2.31. The molecule has 7 heteroatoms. The van der Waals surface area contributed by atoms with E-state index in [0.29, 0.717) is 30.3 Å². The molecule has 1 aliphatic rings. The Balaban J connectivity index is 1.80. The summed E-state index contributed by atoms with van der Waals surface area (Å²) in [5.74, 6) is 0.694. The third-order valence-corrected chi connectivity index (χ3v) is 4.58. The number of aromatic nitrogens is 2. The predicted molar refractivity (Wildman–Crippen MR) is 93.8 cm³/mol. The Morgan fingerprint density at radius 1 is 1.31 bits per heavy atom. The van der Waals surface area contributed by atoms with Crippen molar-refractivity contribution in [2.24, 2.45) is 0 Å². The van der Waals surface area contributed by atoms with Gasteiger partial charge in [0.15, 0.2) is 11.5 Å². The largest absolute Gasteiger partial charge is 0.508 e. The van der Waals surface area contributed by atoms with E-state index in [4.69, 9.17) is 9.15 Å². The van der Waals surface area contributed by atoms with E-state index in [1.54, 1.807) is 36.5 Å². The number of hydrogen-bond donors (Lipinski definition) is 2. The van der Waals surface area contributed by atoms with Gasteiger partial charge in [0, 0.05) is 25.8 Å². The van der Waals surface area contributed by atoms with Gasteiger partial charge in [-0.3, -0.25) is 9.89 Å². The Morgan fingerprint density at radius 3 is 2.81 bits per heavy atom. The van der Waals surface area contributed by atoms with E-state index in [1.807, 2.05) is 18.2 Å². The molecule has 3 heterocycles. The van der Waals surface area contributed by atoms with Crippen LogP contribution in [0.4, 0.5) is 0 Å². The molecule has 0 saturated carbocycles. The van der Waals surface area contributed by atoms with Crippen LogP contribution in [-0.2, 0) is 4.74 Å². The molecule has 0 bridgehead atoms. The van der Waals surface area contributed by atoms with Crippen molar-refractivity contribution in [2.45, 2.75) is 12.5 Å². The van der Waals surface area contributed by atoms with Crippen LogP contribution in [-0.4, -0.2) is 46.4 Å². The van der Waals surface area contributed by atoms with Gasteiger partial charge in [0.05, 0.1) is 12.3 Å². The van der Waals surface area contributed by atoms with Gasteiger partial charge in [0.1, 0.15) is 11.4 Å². The highest BCUT2D eigenvalue weighted by Gasteiger charge is 2.42. The fraction of sp³-hybridized carbons (Fsp3) is 0.263. The van der Waals surface area contributed by atoms with Gasteiger partial charge in [0.25, 0.3) is 5.91 Å². The van der Waals surface area contributed by atoms with Crippen LogP contribution in [0.15, 0.2) is 47.1 Å². The van der Waals surface area contributed by atoms with Gasteiger partial charge in [-0.15, -0.1) is 0 Å². The fourth-order valence-electron chi connectivity index (χ4n) is 3.41. The summed E-state index contributed by atoms with van der Waals surface area (Å²) in [4.78, 5) is 14.7. The normalized spacial score (nSPS) is 16.3. The van der Waals surface area contributed by atoms with Gasteiger partial charge in [-0.2, -0.15) is 5.10 Å². The van der Waals surface area contributed by atoms with Crippen molar-refractivity contribution >= 4 is 5.91 Å². The van der Waals surface area contributed by atoms with Gasteiger partial charge in [-0.1, -0.05) is 12.1 Å². The molecule has 1 amide bonds. The van der Waals surface area contributed by atoms with Gasteiger partial charge >= 0.3 is 0 Å². The van der Waals surface area contributed by atoms with Crippen molar-refractivity contribution in [3.05, 3.63) is 59.5 Å². The Hall–Kier alpha value is -3.06. The van der Waals surface area contributed by atoms with Crippen LogP contribution in [0.3, 0.4) is 0 Å². The Morgan fingerprint density at radius 2 is 2.12 bits per heavy atom. The first-order valence-corrected chi connectivity index (χ1v) is 8.41. The molecule has 134 valence electrons. The third-order valence-electron chi connectivity index (χ3n) is 4.58. The van der Waals surface area contributed by atoms with E-state index >= 15 is 0 Å². The van der Waals surface area contributed by atoms with E-state index in [-0.39, 0.29) is 17.7 Å². The second-order valence-corrected chi connectivity index (χ2v) is 6.18. The number of aromatic amines is 1. The minimum absolute atomic E-state index is 0.122. The number of furan rings is 1. The first-order valence-electron chi connectivity index (χ1n) is 8.41. The SMILES string of the molecule is COCCCN1C(=O)c2n[nH]c(-c3ccco3)c2C1c1ccc(O)cc1. The van der Waals surface area contributed by atoms with E-state index in [1.165, 1.54) is 0 Å². The van der Waals surface area contributed by atoms with Crippen LogP contribution >= 0.6 is 0 Å². The molecule has 3 aromatic rings. The molecule has 2 aromatic heterocycles. The van der Waals surface area contributed by atoms with E-state index in [9.17, 15) is 9.90 Å². The number of H-pyrrole nitrogens is 1. The van der Waals surface area contributed by atoms with E-state index in [0.717, 1.165) is 17.5 Å². The zero-order chi connectivity index (χ0) is 18.1. The number of carbonyl (C=O) groups excluding carboxylic acids is 1. The van der Waals surface area contributed by atoms with Crippen LogP contribution in [0.1, 0.15) is 34.1 Å². The number of amides is 1. The van der Waals surface area contributed by atoms with Crippen molar-refractivity contribution in [3.8, 4) is 17.2 Å². The highest BCUT2D eigenvalue weighted by atomic mass is 16.5. The summed E-state index contributed by atoms with van der Waals surface area (Å²) in [5.41, 5.74) is 2.81. The minimum Gasteiger partial charge on any atom is -0.508 e. The zero-order valence-corrected chi connectivity index (χ0v) is 14.3. The summed E-state index contributed by atoms with van der Waals surface area (Å²) < 4.78 is 10.6. The second kappa shape index (κ2) is 6.68. The number of phenols is 1. The standard InChI is InChI=1S/C19H19N3O4/c1-25-10-3-9-22-18(12-5-7-13(23)8-6-12)15-16(14-4-2-11-26-14)20-21-17(15)19(22)24/h2,4-8,11,18,23H,3,9-10H2,1H3,(H,20,21). The number of nitrogens with one attached hydrogen (secondary N) is 1. The topological polar surface area (TPSA) is 91.6 Å². The molecule has 7 nitrogen and oxygen atoms in total. The number of carbonyl (C=O) groups is 1. The van der Waals surface area contributed by atoms with Crippen LogP contribution in [0.5, 0.6) is 5.75 Å². The van der Waals surface area contributed by atoms with Crippen molar-refractivity contribution in [1.82, 2.24) is 15.1 Å². The molecular weight excluding hydrogens is 334 g/mol. The monoisotopic (exact) mass is 353 g/mol. The molecule has 0 fully saturated rings. The number of phenolic OH excluding ortho intramolecular Hbond substituents is 1. The molecule has 0 saturated heterocycles. The molecule has 1 aliphatic heterocycles. The van der Waals surface area contributed by atoms with Crippen molar-refractivity contribution in [2.75, 3.05) is 20.3 Å². The predicted octanol–water partition coefficient (Wildman–Crippen LogP) is 2.96. The fourth-order valence-corrected chi connectivity index (χ4v) is 3.41. The smallest absolute Gasteiger partial charge is 0.275 e. The molecule has 4 rings (SSSR count). The molecule has 2 N–H and O–H groups in total. The number of rotatable bonds is 6. The summed E-state index contributed by atoms with van der Waals surface area (Å²) in [6.45, 7) is 1.12. The third kappa shape index (κ3) is 2.66. The number of nitrogens with zero attached hydrogens (tertiary/aromatic N) is 2. The molecule has 0 radical (unpaired) electrons. The molecule has 26 heavy (non-hydrogen) atoms. The lowest BCUT2D eigenvalue weighted by atomic mass is 9.98. The van der Waals surface area contributed by atoms with Crippen LogP contribution in [0.2, 0.25) is 0 Å². The molecule has 0 aliphatic carbocycles. The van der Waals surface area contributed by atoms with E-state index in [2.05, 4.69) is 10.2 Å². The molecule has 1 aromatic carbocycles. The highest BCUT2D eigenvalue weighted by molar-refractivity contribution is 5.99. The minimum atomic E-state index is -0.297. The lowest BCUT2D eigenvalue weighted by molar-refractivity contribution is 0.0723. The maximum atomic E-state index is 12.9. The summed E-state index contributed by atoms with van der Waals surface area (Å²) in [7, 11) is 1.64. The average Bonchev–Trinajstić information content (AvgIpc) is 3.35. The highest BCUT2D eigenvalue weighted by Crippen LogP contribution is 2.43. The Bertz CT molecular complexity index is 900. The lowest BCUT2D eigenvalue weighted by Gasteiger charge is -2.26. The van der Waals surface area contributed by atoms with Gasteiger partial charge in [-0.25, -0.2) is 0 Å². The molecular formula is C19H19N3O4. The Kier molecular flexibility index (Phi) is 4.22. The van der Waals surface area contributed by atoms with E-state index < -0.39 is 0 Å². The van der Waals surface area contributed by atoms with Crippen LogP contribution in [0.25, 0.3) is 11.5 Å². The number of aromatic hydroxyl groups is 1. The van der Waals surface area contributed by atoms with Crippen molar-refractivity contribution in [3.63, 3.8) is 0 Å². The maximum Gasteiger partial charge on any atom is 0.275 e. The average molecular weight is 353 g/mol. The second-order valence-electron chi connectivity index (χ2n) is 6.18. The number of ether oxygens (including phenoxy) is 1. The van der Waals surface area contributed by atoms with Gasteiger partial charge in [0.2, 0.25) is 0 Å². The zero-order valence-electron chi connectivity index (χ0n) is 14.3. The number of hydrogen-bond acceptors (Lipinski definition) is 5. The number of fused-ring (bicyclic) bond motifs is 1. The molecule has 0 spiro atoms. The van der Waals surface area contributed by atoms with Crippen LogP contribution in [0, 0.1) is 0 Å². The van der Waals surface area contributed by atoms with Crippen LogP contribution < -0.4 is 0 Å². The first-order chi connectivity index (χ1) is 12.7. The molecule has 1 atom stereocenters. The number of methoxy groups -OCH3 is 1. The van der Waals surface area contributed by atoms with Gasteiger partial charge in [-0.05, 0) is 36.2 Å². The first kappa shape index (κ1) is 16.4. The lowest BCUT2D eigenvalue weighted by Crippen LogP contribution is -2.31. The number of benzene rings is 1. The summed E-state index contributed by atoms with van der Waals surface area (Å²) in [6, 6.07) is 10.2. The van der Waals surface area contributed by atoms with Crippen molar-refractivity contribution in [1.29, 1.82) is 0 Å². The van der Waals surface area contributed by atoms with Gasteiger partial charge < -0.3 is 19.2 Å². The Labute approximate surface area is 150 Å². The quantitative estimate of drug-likeness (QED) is 0.665. The summed E-state index contributed by atoms with van der Waals surface area (Å²) >= 11 is 0. The summed E-state index contributed by atoms with van der Waals surface area (Å²) in [5, 5.41) is 16.8. The maximum absolute atomic E-state index is 12.9. The van der Waals surface area contributed by atoms with Crippen molar-refractivity contribution < 1.29 is 19.1 Å². The molecule has 1 unspecified atom stereocenters.